The Morgan fingerprint density at radius 1 is 1.29 bits per heavy atom. The molecule has 17 heavy (non-hydrogen) atoms. The van der Waals surface area contributed by atoms with Crippen LogP contribution in [0, 0.1) is 14.9 Å². The highest BCUT2D eigenvalue weighted by atomic mass is 127. The molecular formula is C13H13IN2O. The summed E-state index contributed by atoms with van der Waals surface area (Å²) in [4.78, 5) is 12.0. The fraction of sp³-hybridized carbons (Fsp3) is 0.385. The van der Waals surface area contributed by atoms with E-state index in [1.54, 1.807) is 12.1 Å². The minimum absolute atomic E-state index is 0.148. The summed E-state index contributed by atoms with van der Waals surface area (Å²) < 4.78 is 1.09. The minimum atomic E-state index is -0.639. The first-order chi connectivity index (χ1) is 8.15. The van der Waals surface area contributed by atoms with Gasteiger partial charge >= 0.3 is 0 Å². The third kappa shape index (κ3) is 2.78. The van der Waals surface area contributed by atoms with Crippen molar-refractivity contribution >= 4 is 28.5 Å². The van der Waals surface area contributed by atoms with E-state index >= 15 is 0 Å². The molecule has 1 amide bonds. The average molecular weight is 340 g/mol. The van der Waals surface area contributed by atoms with E-state index in [2.05, 4.69) is 34.0 Å². The van der Waals surface area contributed by atoms with Gasteiger partial charge in [-0.25, -0.2) is 0 Å². The van der Waals surface area contributed by atoms with Crippen molar-refractivity contribution in [1.82, 2.24) is 5.32 Å². The largest absolute Gasteiger partial charge is 0.334 e. The van der Waals surface area contributed by atoms with Crippen molar-refractivity contribution in [2.24, 2.45) is 0 Å². The lowest BCUT2D eigenvalue weighted by Crippen LogP contribution is -2.45. The summed E-state index contributed by atoms with van der Waals surface area (Å²) in [6.45, 7) is 0. The monoisotopic (exact) mass is 340 g/mol. The number of nitrogens with zero attached hydrogens (tertiary/aromatic N) is 1. The van der Waals surface area contributed by atoms with Crippen molar-refractivity contribution < 1.29 is 4.79 Å². The second-order valence-electron chi connectivity index (χ2n) is 4.36. The highest BCUT2D eigenvalue weighted by molar-refractivity contribution is 14.1. The number of benzene rings is 1. The number of amides is 1. The van der Waals surface area contributed by atoms with E-state index in [0.717, 1.165) is 29.3 Å². The highest BCUT2D eigenvalue weighted by Crippen LogP contribution is 2.29. The molecule has 2 rings (SSSR count). The van der Waals surface area contributed by atoms with Gasteiger partial charge in [0.15, 0.2) is 0 Å². The van der Waals surface area contributed by atoms with Crippen molar-refractivity contribution in [2.45, 2.75) is 31.2 Å². The predicted molar refractivity (Wildman–Crippen MR) is 73.4 cm³/mol. The molecule has 1 N–H and O–H groups in total. The maximum Gasteiger partial charge on any atom is 0.252 e. The Bertz CT molecular complexity index is 455. The van der Waals surface area contributed by atoms with Crippen LogP contribution >= 0.6 is 22.6 Å². The molecule has 0 aromatic heterocycles. The minimum Gasteiger partial charge on any atom is -0.334 e. The Balaban J connectivity index is 2.11. The summed E-state index contributed by atoms with van der Waals surface area (Å²) in [5.41, 5.74) is -0.0213. The van der Waals surface area contributed by atoms with Gasteiger partial charge < -0.3 is 5.32 Å². The van der Waals surface area contributed by atoms with E-state index in [1.807, 2.05) is 12.1 Å². The highest BCUT2D eigenvalue weighted by Gasteiger charge is 2.35. The number of nitrogens with one attached hydrogen (secondary N) is 1. The van der Waals surface area contributed by atoms with E-state index in [1.165, 1.54) is 0 Å². The Labute approximate surface area is 114 Å². The van der Waals surface area contributed by atoms with Gasteiger partial charge in [0, 0.05) is 9.13 Å². The molecule has 0 bridgehead atoms. The van der Waals surface area contributed by atoms with E-state index in [-0.39, 0.29) is 5.91 Å². The Morgan fingerprint density at radius 2 is 1.88 bits per heavy atom. The van der Waals surface area contributed by atoms with Crippen LogP contribution in [0.4, 0.5) is 0 Å². The van der Waals surface area contributed by atoms with E-state index < -0.39 is 5.54 Å². The van der Waals surface area contributed by atoms with Gasteiger partial charge in [0.05, 0.1) is 6.07 Å². The summed E-state index contributed by atoms with van der Waals surface area (Å²) in [5.74, 6) is -0.148. The second kappa shape index (κ2) is 5.05. The summed E-state index contributed by atoms with van der Waals surface area (Å²) >= 11 is 2.20. The molecule has 0 unspecified atom stereocenters. The summed E-state index contributed by atoms with van der Waals surface area (Å²) in [5, 5.41) is 12.1. The number of nitriles is 1. The fourth-order valence-electron chi connectivity index (χ4n) is 2.13. The van der Waals surface area contributed by atoms with Crippen LogP contribution in [0.1, 0.15) is 36.0 Å². The fourth-order valence-corrected chi connectivity index (χ4v) is 2.49. The third-order valence-corrected chi connectivity index (χ3v) is 3.85. The molecule has 0 atom stereocenters. The number of halogens is 1. The third-order valence-electron chi connectivity index (χ3n) is 3.13. The number of rotatable bonds is 2. The van der Waals surface area contributed by atoms with Crippen LogP contribution in [-0.2, 0) is 0 Å². The van der Waals surface area contributed by atoms with Gasteiger partial charge in [-0.1, -0.05) is 0 Å². The molecule has 0 radical (unpaired) electrons. The number of carbonyl (C=O) groups excluding carboxylic acids is 1. The molecule has 1 aromatic carbocycles. The van der Waals surface area contributed by atoms with Crippen LogP contribution in [-0.4, -0.2) is 11.4 Å². The maximum absolute atomic E-state index is 12.0. The SMILES string of the molecule is N#CC1(NC(=O)c2ccc(I)cc2)CCCC1. The van der Waals surface area contributed by atoms with Gasteiger partial charge in [-0.2, -0.15) is 5.26 Å². The molecule has 1 aliphatic rings. The van der Waals surface area contributed by atoms with Gasteiger partial charge in [0.1, 0.15) is 5.54 Å². The first-order valence-corrected chi connectivity index (χ1v) is 6.72. The lowest BCUT2D eigenvalue weighted by Gasteiger charge is -2.21. The Morgan fingerprint density at radius 3 is 2.41 bits per heavy atom. The molecule has 0 heterocycles. The van der Waals surface area contributed by atoms with Crippen molar-refractivity contribution in [1.29, 1.82) is 5.26 Å². The molecular weight excluding hydrogens is 327 g/mol. The van der Waals surface area contributed by atoms with Crippen LogP contribution in [0.15, 0.2) is 24.3 Å². The second-order valence-corrected chi connectivity index (χ2v) is 5.61. The van der Waals surface area contributed by atoms with Crippen molar-refractivity contribution in [3.63, 3.8) is 0 Å². The van der Waals surface area contributed by atoms with E-state index in [0.29, 0.717) is 5.56 Å². The zero-order chi connectivity index (χ0) is 12.3. The van der Waals surface area contributed by atoms with Crippen LogP contribution < -0.4 is 5.32 Å². The molecule has 0 aliphatic heterocycles. The lowest BCUT2D eigenvalue weighted by molar-refractivity contribution is 0.0920. The standard InChI is InChI=1S/C13H13IN2O/c14-11-5-3-10(4-6-11)12(17)16-13(9-15)7-1-2-8-13/h3-6H,1-2,7-8H2,(H,16,17). The van der Waals surface area contributed by atoms with Crippen LogP contribution in [0.2, 0.25) is 0 Å². The van der Waals surface area contributed by atoms with E-state index in [9.17, 15) is 10.1 Å². The zero-order valence-corrected chi connectivity index (χ0v) is 11.5. The topological polar surface area (TPSA) is 52.9 Å². The van der Waals surface area contributed by atoms with Gasteiger partial charge in [0.2, 0.25) is 0 Å². The molecule has 1 aromatic rings. The summed E-state index contributed by atoms with van der Waals surface area (Å²) in [6.07, 6.45) is 3.56. The first-order valence-electron chi connectivity index (χ1n) is 5.65. The summed E-state index contributed by atoms with van der Waals surface area (Å²) in [6, 6.07) is 9.62. The van der Waals surface area contributed by atoms with Crippen LogP contribution in [0.25, 0.3) is 0 Å². The van der Waals surface area contributed by atoms with Gasteiger partial charge in [-0.3, -0.25) is 4.79 Å². The number of hydrogen-bond acceptors (Lipinski definition) is 2. The average Bonchev–Trinajstić information content (AvgIpc) is 2.79. The maximum atomic E-state index is 12.0. The van der Waals surface area contributed by atoms with Crippen molar-refractivity contribution in [3.05, 3.63) is 33.4 Å². The van der Waals surface area contributed by atoms with Crippen LogP contribution in [0.3, 0.4) is 0 Å². The van der Waals surface area contributed by atoms with Crippen molar-refractivity contribution in [3.8, 4) is 6.07 Å². The van der Waals surface area contributed by atoms with Gasteiger partial charge in [-0.05, 0) is 72.5 Å². The molecule has 1 fully saturated rings. The smallest absolute Gasteiger partial charge is 0.252 e. The normalized spacial score (nSPS) is 17.4. The molecule has 3 nitrogen and oxygen atoms in total. The summed E-state index contributed by atoms with van der Waals surface area (Å²) in [7, 11) is 0. The Kier molecular flexibility index (Phi) is 3.67. The quantitative estimate of drug-likeness (QED) is 0.842. The first kappa shape index (κ1) is 12.4. The number of carbonyl (C=O) groups is 1. The molecule has 4 heteroatoms. The zero-order valence-electron chi connectivity index (χ0n) is 9.37. The molecule has 88 valence electrons. The molecule has 1 aliphatic carbocycles. The predicted octanol–water partition coefficient (Wildman–Crippen LogP) is 2.86. The van der Waals surface area contributed by atoms with Gasteiger partial charge in [0.25, 0.3) is 5.91 Å². The van der Waals surface area contributed by atoms with Crippen LogP contribution in [0.5, 0.6) is 0 Å². The molecule has 0 spiro atoms. The molecule has 0 saturated heterocycles. The Hall–Kier alpha value is -1.09. The molecule has 1 saturated carbocycles. The number of hydrogen-bond donors (Lipinski definition) is 1. The van der Waals surface area contributed by atoms with Gasteiger partial charge in [-0.15, -0.1) is 0 Å². The lowest BCUT2D eigenvalue weighted by atomic mass is 9.99. The van der Waals surface area contributed by atoms with Crippen molar-refractivity contribution in [2.75, 3.05) is 0 Å². The van der Waals surface area contributed by atoms with E-state index in [4.69, 9.17) is 0 Å².